The van der Waals surface area contributed by atoms with Crippen molar-refractivity contribution in [2.24, 2.45) is 0 Å². The van der Waals surface area contributed by atoms with Crippen molar-refractivity contribution in [1.29, 1.82) is 0 Å². The number of hydrogen-bond acceptors (Lipinski definition) is 6. The second kappa shape index (κ2) is 26.0. The summed E-state index contributed by atoms with van der Waals surface area (Å²) in [5, 5.41) is 11.3. The van der Waals surface area contributed by atoms with E-state index < -0.39 is 0 Å². The van der Waals surface area contributed by atoms with Gasteiger partial charge in [0.25, 0.3) is 5.24 Å². The van der Waals surface area contributed by atoms with Crippen molar-refractivity contribution < 1.29 is 24.0 Å². The van der Waals surface area contributed by atoms with E-state index in [1.807, 2.05) is 11.8 Å². The van der Waals surface area contributed by atoms with E-state index in [4.69, 9.17) is 39.6 Å². The van der Waals surface area contributed by atoms with Gasteiger partial charge < -0.3 is 30.7 Å². The summed E-state index contributed by atoms with van der Waals surface area (Å²) < 4.78 is 0. The van der Waals surface area contributed by atoms with Crippen LogP contribution in [0, 0.1) is 0 Å². The largest absolute Gasteiger partial charge is 0.345 e. The van der Waals surface area contributed by atoms with E-state index in [9.17, 15) is 19.2 Å². The predicted octanol–water partition coefficient (Wildman–Crippen LogP) is 9.97. The molecule has 0 atom stereocenters. The fraction of sp³-hybridized carbons (Fsp3) is 0.389. The smallest absolute Gasteiger partial charge is 0.334 e. The number of nitrogens with zero attached hydrogens (tertiary/aromatic N) is 4. The van der Waals surface area contributed by atoms with Gasteiger partial charge in [0, 0.05) is 80.5 Å². The van der Waals surface area contributed by atoms with E-state index in [0.29, 0.717) is 20.8 Å². The Bertz CT molecular complexity index is 1430. The maximum absolute atomic E-state index is 11.4. The van der Waals surface area contributed by atoms with Crippen molar-refractivity contribution in [1.82, 2.24) is 19.8 Å². The lowest BCUT2D eigenvalue weighted by molar-refractivity contribution is -0.0598. The number of hydroxylamine groups is 2. The van der Waals surface area contributed by atoms with E-state index in [-0.39, 0.29) is 23.3 Å². The Morgan fingerprint density at radius 1 is 0.615 bits per heavy atom. The molecule has 0 spiro atoms. The van der Waals surface area contributed by atoms with Crippen LogP contribution in [0.3, 0.4) is 0 Å². The molecular weight excluding hydrogens is 749 g/mol. The summed E-state index contributed by atoms with van der Waals surface area (Å²) in [6, 6.07) is 20.1. The van der Waals surface area contributed by atoms with Crippen molar-refractivity contribution >= 4 is 87.0 Å². The molecule has 0 aliphatic carbocycles. The van der Waals surface area contributed by atoms with Crippen LogP contribution in [-0.2, 0) is 4.84 Å². The third-order valence-corrected chi connectivity index (χ3v) is 8.34. The minimum atomic E-state index is -0.338. The number of thioether (sulfide) groups is 1. The SMILES string of the molecule is CCSC(=O)N1CCCCCC1.CN(C)C(=O)Nc1ccc(Cl)cc1.CN(C)C(=O)Nc1ccc(Cl)cc1.CON(C)C(=O)Nc1ccc(Cl)cc1. The number of amides is 7. The summed E-state index contributed by atoms with van der Waals surface area (Å²) in [5.74, 6) is 0.898. The molecular formula is C36H50Cl3N7O5S. The molecule has 1 heterocycles. The van der Waals surface area contributed by atoms with Crippen LogP contribution in [0.1, 0.15) is 32.6 Å². The first-order valence-corrected chi connectivity index (χ1v) is 18.5. The number of urea groups is 3. The van der Waals surface area contributed by atoms with Crippen molar-refractivity contribution in [3.8, 4) is 0 Å². The number of halogens is 3. The monoisotopic (exact) mass is 797 g/mol. The summed E-state index contributed by atoms with van der Waals surface area (Å²) in [7, 11) is 9.68. The van der Waals surface area contributed by atoms with Gasteiger partial charge in [0.1, 0.15) is 0 Å². The van der Waals surface area contributed by atoms with Gasteiger partial charge in [-0.2, -0.15) is 0 Å². The molecule has 4 rings (SSSR count). The van der Waals surface area contributed by atoms with Gasteiger partial charge >= 0.3 is 18.1 Å². The molecule has 0 bridgehead atoms. The molecule has 1 saturated heterocycles. The number of anilines is 3. The van der Waals surface area contributed by atoms with Gasteiger partial charge in [-0.1, -0.05) is 66.3 Å². The first-order chi connectivity index (χ1) is 24.7. The van der Waals surface area contributed by atoms with Crippen molar-refractivity contribution in [3.63, 3.8) is 0 Å². The molecule has 3 N–H and O–H groups in total. The molecule has 3 aromatic rings. The van der Waals surface area contributed by atoms with Crippen molar-refractivity contribution in [2.75, 3.05) is 77.1 Å². The minimum Gasteiger partial charge on any atom is -0.334 e. The fourth-order valence-corrected chi connectivity index (χ4v) is 4.81. The average Bonchev–Trinajstić information content (AvgIpc) is 3.42. The third kappa shape index (κ3) is 20.2. The molecule has 0 unspecified atom stereocenters. The lowest BCUT2D eigenvalue weighted by atomic mass is 10.2. The summed E-state index contributed by atoms with van der Waals surface area (Å²) in [6.45, 7) is 3.98. The lowest BCUT2D eigenvalue weighted by Crippen LogP contribution is -2.30. The maximum atomic E-state index is 11.4. The Morgan fingerprint density at radius 3 is 1.23 bits per heavy atom. The highest BCUT2D eigenvalue weighted by molar-refractivity contribution is 8.13. The van der Waals surface area contributed by atoms with Crippen LogP contribution < -0.4 is 16.0 Å². The van der Waals surface area contributed by atoms with Gasteiger partial charge in [-0.05, 0) is 91.4 Å². The fourth-order valence-electron chi connectivity index (χ4n) is 3.82. The molecule has 0 aromatic heterocycles. The summed E-state index contributed by atoms with van der Waals surface area (Å²) in [4.78, 5) is 54.7. The Balaban J connectivity index is 0.000000347. The molecule has 286 valence electrons. The zero-order chi connectivity index (χ0) is 39.1. The Hall–Kier alpha value is -3.88. The molecule has 1 fully saturated rings. The van der Waals surface area contributed by atoms with Gasteiger partial charge in [-0.3, -0.25) is 9.63 Å². The molecule has 7 amide bonds. The second-order valence-electron chi connectivity index (χ2n) is 11.4. The lowest BCUT2D eigenvalue weighted by Gasteiger charge is -2.18. The highest BCUT2D eigenvalue weighted by atomic mass is 35.5. The van der Waals surface area contributed by atoms with E-state index in [2.05, 4.69) is 16.0 Å². The Morgan fingerprint density at radius 2 is 0.942 bits per heavy atom. The van der Waals surface area contributed by atoms with Crippen LogP contribution in [0.15, 0.2) is 72.8 Å². The highest BCUT2D eigenvalue weighted by Crippen LogP contribution is 2.17. The van der Waals surface area contributed by atoms with Gasteiger partial charge in [0.05, 0.1) is 7.11 Å². The average molecular weight is 799 g/mol. The maximum Gasteiger partial charge on any atom is 0.345 e. The molecule has 0 saturated carbocycles. The van der Waals surface area contributed by atoms with Crippen LogP contribution in [0.4, 0.5) is 36.2 Å². The van der Waals surface area contributed by atoms with Crippen LogP contribution in [-0.4, -0.2) is 104 Å². The van der Waals surface area contributed by atoms with E-state index in [1.54, 1.807) is 101 Å². The zero-order valence-electron chi connectivity index (χ0n) is 30.8. The number of likely N-dealkylation sites (tertiary alicyclic amines) is 1. The quantitative estimate of drug-likeness (QED) is 0.221. The molecule has 12 nitrogen and oxygen atoms in total. The number of rotatable bonds is 5. The summed E-state index contributed by atoms with van der Waals surface area (Å²) in [5.41, 5.74) is 2.15. The van der Waals surface area contributed by atoms with Gasteiger partial charge in [0.15, 0.2) is 0 Å². The van der Waals surface area contributed by atoms with E-state index in [1.165, 1.54) is 61.4 Å². The number of carbonyl (C=O) groups excluding carboxylic acids is 4. The van der Waals surface area contributed by atoms with Gasteiger partial charge in [0.2, 0.25) is 0 Å². The minimum absolute atomic E-state index is 0.151. The zero-order valence-corrected chi connectivity index (χ0v) is 33.8. The highest BCUT2D eigenvalue weighted by Gasteiger charge is 2.14. The Labute approximate surface area is 327 Å². The topological polar surface area (TPSA) is 127 Å². The van der Waals surface area contributed by atoms with Crippen LogP contribution in [0.5, 0.6) is 0 Å². The first kappa shape index (κ1) is 46.1. The second-order valence-corrected chi connectivity index (χ2v) is 13.9. The standard InChI is InChI=1S/C9H11ClN2O2.2C9H11ClN2O.C9H17NOS/c1-12(14-2)9(13)11-8-5-3-7(10)4-6-8;2*1-12(2)9(13)11-8-5-3-7(10)4-6-8;1-2-12-9(11)10-7-5-3-4-6-8-10/h3-6H,1-2H3,(H,11,13);2*3-6H,1-2H3,(H,11,13);2-8H2,1H3. The predicted molar refractivity (Wildman–Crippen MR) is 217 cm³/mol. The molecule has 1 aliphatic heterocycles. The van der Waals surface area contributed by atoms with Crippen molar-refractivity contribution in [3.05, 3.63) is 87.9 Å². The first-order valence-electron chi connectivity index (χ1n) is 16.4. The number of benzene rings is 3. The molecule has 0 radical (unpaired) electrons. The molecule has 3 aromatic carbocycles. The molecule has 1 aliphatic rings. The number of hydrogen-bond donors (Lipinski definition) is 3. The van der Waals surface area contributed by atoms with Crippen LogP contribution >= 0.6 is 46.6 Å². The number of carbonyl (C=O) groups is 4. The van der Waals surface area contributed by atoms with E-state index >= 15 is 0 Å². The summed E-state index contributed by atoms with van der Waals surface area (Å²) >= 11 is 18.5. The third-order valence-electron chi connectivity index (χ3n) is 6.79. The van der Waals surface area contributed by atoms with Gasteiger partial charge in [-0.25, -0.2) is 19.4 Å². The normalized spacial score (nSPS) is 11.7. The summed E-state index contributed by atoms with van der Waals surface area (Å²) in [6.07, 6.45) is 4.97. The van der Waals surface area contributed by atoms with E-state index in [0.717, 1.165) is 35.3 Å². The van der Waals surface area contributed by atoms with Crippen LogP contribution in [0.25, 0.3) is 0 Å². The molecule has 16 heteroatoms. The van der Waals surface area contributed by atoms with Crippen LogP contribution in [0.2, 0.25) is 15.1 Å². The Kier molecular flexibility index (Phi) is 23.0. The molecule has 52 heavy (non-hydrogen) atoms. The number of nitrogens with one attached hydrogen (secondary N) is 3. The van der Waals surface area contributed by atoms with Crippen molar-refractivity contribution in [2.45, 2.75) is 32.6 Å². The van der Waals surface area contributed by atoms with Gasteiger partial charge in [-0.15, -0.1) is 0 Å².